The summed E-state index contributed by atoms with van der Waals surface area (Å²) in [4.78, 5) is 3.98. The summed E-state index contributed by atoms with van der Waals surface area (Å²) >= 11 is 0. The summed E-state index contributed by atoms with van der Waals surface area (Å²) in [6, 6.07) is 14.0. The van der Waals surface area contributed by atoms with E-state index < -0.39 is 27.9 Å². The molecule has 0 saturated carbocycles. The van der Waals surface area contributed by atoms with Crippen molar-refractivity contribution in [1.82, 2.24) is 9.29 Å². The zero-order valence-corrected chi connectivity index (χ0v) is 15.9. The number of nitrogens with zero attached hydrogens (tertiary/aromatic N) is 2. The van der Waals surface area contributed by atoms with E-state index in [9.17, 15) is 21.6 Å². The molecule has 0 aliphatic carbocycles. The van der Waals surface area contributed by atoms with Gasteiger partial charge in [0.05, 0.1) is 17.0 Å². The van der Waals surface area contributed by atoms with Gasteiger partial charge in [0, 0.05) is 18.8 Å². The average Bonchev–Trinajstić information content (AvgIpc) is 3.16. The molecular weight excluding hydrogens is 405 g/mol. The van der Waals surface area contributed by atoms with Crippen molar-refractivity contribution in [1.29, 1.82) is 0 Å². The number of hydrogen-bond donors (Lipinski definition) is 0. The fourth-order valence-corrected chi connectivity index (χ4v) is 4.83. The summed E-state index contributed by atoms with van der Waals surface area (Å²) in [5, 5.41) is 1.75. The molecule has 2 aromatic carbocycles. The van der Waals surface area contributed by atoms with Gasteiger partial charge >= 0.3 is 6.18 Å². The van der Waals surface area contributed by atoms with Crippen LogP contribution < -0.4 is 4.74 Å². The van der Waals surface area contributed by atoms with Gasteiger partial charge in [-0.1, -0.05) is 30.3 Å². The lowest BCUT2D eigenvalue weighted by Crippen LogP contribution is -2.31. The second-order valence-corrected chi connectivity index (χ2v) is 8.72. The Labute approximate surface area is 165 Å². The number of pyridine rings is 1. The van der Waals surface area contributed by atoms with Crippen LogP contribution in [0.25, 0.3) is 10.8 Å². The molecule has 0 radical (unpaired) electrons. The van der Waals surface area contributed by atoms with Gasteiger partial charge < -0.3 is 4.74 Å². The fourth-order valence-electron chi connectivity index (χ4n) is 3.31. The molecule has 1 aromatic heterocycles. The molecule has 0 bridgehead atoms. The Kier molecular flexibility index (Phi) is 4.95. The lowest BCUT2D eigenvalue weighted by atomic mass is 10.1. The molecule has 0 amide bonds. The number of ether oxygens (including phenoxy) is 1. The van der Waals surface area contributed by atoms with E-state index in [1.165, 1.54) is 4.31 Å². The number of alkyl halides is 3. The summed E-state index contributed by atoms with van der Waals surface area (Å²) in [5.41, 5.74) is -0.860. The minimum absolute atomic E-state index is 0.0487. The molecule has 1 saturated heterocycles. The Bertz CT molecular complexity index is 1150. The van der Waals surface area contributed by atoms with E-state index in [1.807, 2.05) is 24.3 Å². The maximum atomic E-state index is 13.0. The molecule has 2 heterocycles. The molecule has 9 heteroatoms. The summed E-state index contributed by atoms with van der Waals surface area (Å²) in [7, 11) is -3.73. The van der Waals surface area contributed by atoms with Gasteiger partial charge in [0.15, 0.2) is 0 Å². The molecule has 5 nitrogen and oxygen atoms in total. The number of fused-ring (bicyclic) bond motifs is 1. The van der Waals surface area contributed by atoms with E-state index in [1.54, 1.807) is 18.2 Å². The van der Waals surface area contributed by atoms with Crippen LogP contribution in [0.3, 0.4) is 0 Å². The second-order valence-electron chi connectivity index (χ2n) is 6.78. The zero-order chi connectivity index (χ0) is 20.6. The molecule has 0 N–H and O–H groups in total. The summed E-state index contributed by atoms with van der Waals surface area (Å²) in [6.07, 6.45) is -3.68. The number of benzene rings is 2. The van der Waals surface area contributed by atoms with Crippen LogP contribution in [-0.4, -0.2) is 36.9 Å². The molecule has 29 heavy (non-hydrogen) atoms. The van der Waals surface area contributed by atoms with Crippen LogP contribution in [0.4, 0.5) is 13.2 Å². The molecule has 0 spiro atoms. The maximum Gasteiger partial charge on any atom is 0.416 e. The predicted octanol–water partition coefficient (Wildman–Crippen LogP) is 4.10. The lowest BCUT2D eigenvalue weighted by Gasteiger charge is -2.17. The summed E-state index contributed by atoms with van der Waals surface area (Å²) in [6.45, 7) is 0.270. The van der Waals surface area contributed by atoms with Gasteiger partial charge in [-0.05, 0) is 35.4 Å². The van der Waals surface area contributed by atoms with Crippen LogP contribution in [0.2, 0.25) is 0 Å². The van der Waals surface area contributed by atoms with E-state index in [-0.39, 0.29) is 23.9 Å². The summed E-state index contributed by atoms with van der Waals surface area (Å²) in [5.74, 6) is -0.172. The lowest BCUT2D eigenvalue weighted by molar-refractivity contribution is -0.137. The Morgan fingerprint density at radius 2 is 1.79 bits per heavy atom. The number of rotatable bonds is 4. The van der Waals surface area contributed by atoms with Crippen LogP contribution in [0.1, 0.15) is 12.0 Å². The number of aromatic nitrogens is 1. The van der Waals surface area contributed by atoms with Crippen LogP contribution in [0, 0.1) is 0 Å². The van der Waals surface area contributed by atoms with Crippen molar-refractivity contribution in [2.75, 3.05) is 13.1 Å². The number of sulfonamides is 1. The minimum Gasteiger partial charge on any atom is -0.473 e. The molecule has 3 aromatic rings. The van der Waals surface area contributed by atoms with E-state index in [2.05, 4.69) is 4.98 Å². The van der Waals surface area contributed by atoms with Gasteiger partial charge in [-0.25, -0.2) is 13.4 Å². The first-order valence-corrected chi connectivity index (χ1v) is 10.4. The first kappa shape index (κ1) is 19.7. The van der Waals surface area contributed by atoms with E-state index >= 15 is 0 Å². The zero-order valence-electron chi connectivity index (χ0n) is 15.1. The van der Waals surface area contributed by atoms with Crippen LogP contribution in [-0.2, 0) is 16.2 Å². The molecule has 1 fully saturated rings. The highest BCUT2D eigenvalue weighted by atomic mass is 32.2. The molecule has 4 rings (SSSR count). The van der Waals surface area contributed by atoms with Crippen molar-refractivity contribution in [2.24, 2.45) is 0 Å². The van der Waals surface area contributed by atoms with E-state index in [0.717, 1.165) is 29.1 Å². The average molecular weight is 422 g/mol. The van der Waals surface area contributed by atoms with E-state index in [4.69, 9.17) is 4.74 Å². The van der Waals surface area contributed by atoms with Crippen molar-refractivity contribution < 1.29 is 26.3 Å². The maximum absolute atomic E-state index is 13.0. The molecule has 1 aliphatic heterocycles. The van der Waals surface area contributed by atoms with Crippen molar-refractivity contribution >= 4 is 20.8 Å². The van der Waals surface area contributed by atoms with Crippen molar-refractivity contribution in [3.8, 4) is 5.88 Å². The third-order valence-corrected chi connectivity index (χ3v) is 6.68. The standard InChI is InChI=1S/C20H17F3N2O3S/c21-20(22,23)16-7-9-24-19(12-16)28-17-8-10-25(13-17)29(26,27)18-6-5-14-3-1-2-4-15(14)11-18/h1-7,9,11-12,17H,8,10,13H2. The second kappa shape index (κ2) is 7.31. The molecule has 1 aliphatic rings. The SMILES string of the molecule is O=S(=O)(c1ccc2ccccc2c1)N1CCC(Oc2cc(C(F)(F)F)ccn2)C1. The summed E-state index contributed by atoms with van der Waals surface area (Å²) < 4.78 is 71.2. The third-order valence-electron chi connectivity index (χ3n) is 4.82. The van der Waals surface area contributed by atoms with E-state index in [0.29, 0.717) is 6.42 Å². The predicted molar refractivity (Wildman–Crippen MR) is 101 cm³/mol. The van der Waals surface area contributed by atoms with Crippen molar-refractivity contribution in [2.45, 2.75) is 23.6 Å². The Hall–Kier alpha value is -2.65. The minimum atomic E-state index is -4.50. The highest BCUT2D eigenvalue weighted by Gasteiger charge is 2.35. The molecule has 1 atom stereocenters. The van der Waals surface area contributed by atoms with Gasteiger partial charge in [-0.15, -0.1) is 0 Å². The van der Waals surface area contributed by atoms with Gasteiger partial charge in [-0.3, -0.25) is 0 Å². The first-order valence-electron chi connectivity index (χ1n) is 8.92. The molecular formula is C20H17F3N2O3S. The largest absolute Gasteiger partial charge is 0.473 e. The normalized spacial score (nSPS) is 18.2. The van der Waals surface area contributed by atoms with Gasteiger partial charge in [0.1, 0.15) is 6.10 Å². The Morgan fingerprint density at radius 1 is 1.03 bits per heavy atom. The topological polar surface area (TPSA) is 59.5 Å². The van der Waals surface area contributed by atoms with Gasteiger partial charge in [0.2, 0.25) is 15.9 Å². The number of hydrogen-bond acceptors (Lipinski definition) is 4. The first-order chi connectivity index (χ1) is 13.7. The van der Waals surface area contributed by atoms with Crippen LogP contribution in [0.15, 0.2) is 65.7 Å². The highest BCUT2D eigenvalue weighted by Crippen LogP contribution is 2.31. The Morgan fingerprint density at radius 3 is 2.55 bits per heavy atom. The monoisotopic (exact) mass is 422 g/mol. The fraction of sp³-hybridized carbons (Fsp3) is 0.250. The van der Waals surface area contributed by atoms with Crippen molar-refractivity contribution in [3.05, 3.63) is 66.4 Å². The Balaban J connectivity index is 1.50. The number of halogens is 3. The van der Waals surface area contributed by atoms with Gasteiger partial charge in [-0.2, -0.15) is 17.5 Å². The quantitative estimate of drug-likeness (QED) is 0.635. The van der Waals surface area contributed by atoms with Crippen LogP contribution >= 0.6 is 0 Å². The third kappa shape index (κ3) is 4.06. The highest BCUT2D eigenvalue weighted by molar-refractivity contribution is 7.89. The van der Waals surface area contributed by atoms with Crippen molar-refractivity contribution in [3.63, 3.8) is 0 Å². The molecule has 152 valence electrons. The van der Waals surface area contributed by atoms with Crippen LogP contribution in [0.5, 0.6) is 5.88 Å². The smallest absolute Gasteiger partial charge is 0.416 e. The van der Waals surface area contributed by atoms with Gasteiger partial charge in [0.25, 0.3) is 0 Å². The molecule has 1 unspecified atom stereocenters.